The molecule has 0 heterocycles. The molecule has 0 atom stereocenters. The summed E-state index contributed by atoms with van der Waals surface area (Å²) in [6, 6.07) is 15.1. The Bertz CT molecular complexity index is 865. The van der Waals surface area contributed by atoms with Gasteiger partial charge in [-0.15, -0.1) is 0 Å². The average molecular weight is 375 g/mol. The van der Waals surface area contributed by atoms with Crippen LogP contribution >= 0.6 is 0 Å². The summed E-state index contributed by atoms with van der Waals surface area (Å²) < 4.78 is 25.4. The summed E-state index contributed by atoms with van der Waals surface area (Å²) in [5.41, 5.74) is 1.54. The van der Waals surface area contributed by atoms with Crippen molar-refractivity contribution in [3.8, 4) is 0 Å². The van der Waals surface area contributed by atoms with Crippen molar-refractivity contribution in [1.29, 1.82) is 0 Å². The summed E-state index contributed by atoms with van der Waals surface area (Å²) in [6.45, 7) is 1.65. The lowest BCUT2D eigenvalue weighted by molar-refractivity contribution is -0.114. The van der Waals surface area contributed by atoms with Gasteiger partial charge in [0.15, 0.2) is 0 Å². The van der Waals surface area contributed by atoms with Crippen LogP contribution in [0.15, 0.2) is 54.6 Å². The second-order valence-electron chi connectivity index (χ2n) is 5.69. The number of carbonyl (C=O) groups is 2. The Hall–Kier alpha value is -2.87. The molecule has 0 spiro atoms. The fraction of sp³-hybridized carbons (Fsp3) is 0.222. The maximum atomic E-state index is 12.1. The van der Waals surface area contributed by atoms with Gasteiger partial charge in [-0.2, -0.15) is 0 Å². The maximum absolute atomic E-state index is 12.1. The third-order valence-electron chi connectivity index (χ3n) is 3.51. The van der Waals surface area contributed by atoms with Crippen LogP contribution in [0.1, 0.15) is 17.3 Å². The first-order valence-corrected chi connectivity index (χ1v) is 9.81. The number of hydrogen-bond donors (Lipinski definition) is 2. The number of carbonyl (C=O) groups excluding carboxylic acids is 2. The van der Waals surface area contributed by atoms with E-state index in [1.54, 1.807) is 48.5 Å². The van der Waals surface area contributed by atoms with Crippen LogP contribution in [0, 0.1) is 0 Å². The van der Waals surface area contributed by atoms with Crippen LogP contribution in [0.4, 0.5) is 11.4 Å². The number of anilines is 2. The zero-order valence-corrected chi connectivity index (χ0v) is 15.4. The number of rotatable bonds is 7. The van der Waals surface area contributed by atoms with Crippen molar-refractivity contribution in [2.24, 2.45) is 0 Å². The lowest BCUT2D eigenvalue weighted by atomic mass is 10.2. The van der Waals surface area contributed by atoms with Gasteiger partial charge in [-0.1, -0.05) is 18.2 Å². The molecule has 2 amide bonds. The quantitative estimate of drug-likeness (QED) is 0.772. The predicted octanol–water partition coefficient (Wildman–Crippen LogP) is 1.84. The molecule has 0 saturated heterocycles. The van der Waals surface area contributed by atoms with Gasteiger partial charge in [0, 0.05) is 24.7 Å². The molecule has 0 aliphatic rings. The molecule has 0 radical (unpaired) electrons. The van der Waals surface area contributed by atoms with E-state index >= 15 is 0 Å². The number of nitrogens with zero attached hydrogens (tertiary/aromatic N) is 1. The zero-order chi connectivity index (χ0) is 19.2. The van der Waals surface area contributed by atoms with Gasteiger partial charge < -0.3 is 10.6 Å². The number of sulfonamides is 1. The standard InChI is InChI=1S/C18H21N3O4S/c1-14(22)20-16-8-10-17(11-9-16)21(26(2,24)25)13-12-19-18(23)15-6-4-3-5-7-15/h3-11H,12-13H2,1-2H3,(H,19,23)(H,20,22). The second kappa shape index (κ2) is 8.48. The summed E-state index contributed by atoms with van der Waals surface area (Å²) in [4.78, 5) is 23.1. The summed E-state index contributed by atoms with van der Waals surface area (Å²) in [5.74, 6) is -0.471. The number of benzene rings is 2. The van der Waals surface area contributed by atoms with Gasteiger partial charge in [0.25, 0.3) is 5.91 Å². The van der Waals surface area contributed by atoms with Crippen molar-refractivity contribution in [3.05, 3.63) is 60.2 Å². The van der Waals surface area contributed by atoms with Crippen molar-refractivity contribution in [3.63, 3.8) is 0 Å². The average Bonchev–Trinajstić information content (AvgIpc) is 2.59. The molecule has 2 aromatic carbocycles. The first kappa shape index (κ1) is 19.5. The molecular formula is C18H21N3O4S. The monoisotopic (exact) mass is 375 g/mol. The van der Waals surface area contributed by atoms with Crippen molar-refractivity contribution in [2.45, 2.75) is 6.92 Å². The molecule has 0 aliphatic carbocycles. The first-order chi connectivity index (χ1) is 12.3. The molecular weight excluding hydrogens is 354 g/mol. The van der Waals surface area contributed by atoms with E-state index in [-0.39, 0.29) is 24.9 Å². The molecule has 26 heavy (non-hydrogen) atoms. The van der Waals surface area contributed by atoms with Gasteiger partial charge in [-0.05, 0) is 36.4 Å². The minimum absolute atomic E-state index is 0.0941. The minimum atomic E-state index is -3.52. The molecule has 0 unspecified atom stereocenters. The Balaban J connectivity index is 2.04. The maximum Gasteiger partial charge on any atom is 0.251 e. The third kappa shape index (κ3) is 5.59. The molecule has 2 aromatic rings. The highest BCUT2D eigenvalue weighted by Crippen LogP contribution is 2.20. The summed E-state index contributed by atoms with van der Waals surface area (Å²) in [7, 11) is -3.52. The summed E-state index contributed by atoms with van der Waals surface area (Å²) in [5, 5.41) is 5.33. The Labute approximate surface area is 153 Å². The molecule has 0 aliphatic heterocycles. The van der Waals surface area contributed by atoms with Crippen LogP contribution in [0.5, 0.6) is 0 Å². The summed E-state index contributed by atoms with van der Waals surface area (Å²) >= 11 is 0. The molecule has 8 heteroatoms. The largest absolute Gasteiger partial charge is 0.350 e. The van der Waals surface area contributed by atoms with Crippen molar-refractivity contribution < 1.29 is 18.0 Å². The Morgan fingerprint density at radius 3 is 2.15 bits per heavy atom. The van der Waals surface area contributed by atoms with E-state index in [4.69, 9.17) is 0 Å². The van der Waals surface area contributed by atoms with Crippen molar-refractivity contribution in [2.75, 3.05) is 29.0 Å². The van der Waals surface area contributed by atoms with Crippen LogP contribution in [0.25, 0.3) is 0 Å². The van der Waals surface area contributed by atoms with Crippen molar-refractivity contribution >= 4 is 33.2 Å². The van der Waals surface area contributed by atoms with Crippen LogP contribution < -0.4 is 14.9 Å². The topological polar surface area (TPSA) is 95.6 Å². The van der Waals surface area contributed by atoms with Crippen LogP contribution in [-0.2, 0) is 14.8 Å². The first-order valence-electron chi connectivity index (χ1n) is 7.96. The molecule has 2 N–H and O–H groups in total. The number of nitrogens with one attached hydrogen (secondary N) is 2. The second-order valence-corrected chi connectivity index (χ2v) is 7.59. The highest BCUT2D eigenvalue weighted by Gasteiger charge is 2.17. The smallest absolute Gasteiger partial charge is 0.251 e. The van der Waals surface area contributed by atoms with Crippen LogP contribution in [0.2, 0.25) is 0 Å². The Morgan fingerprint density at radius 1 is 1.00 bits per heavy atom. The fourth-order valence-corrected chi connectivity index (χ4v) is 3.29. The Kier molecular flexibility index (Phi) is 6.35. The lowest BCUT2D eigenvalue weighted by Gasteiger charge is -2.23. The highest BCUT2D eigenvalue weighted by molar-refractivity contribution is 7.92. The molecule has 0 saturated carbocycles. The fourth-order valence-electron chi connectivity index (χ4n) is 2.36. The van der Waals surface area contributed by atoms with Crippen LogP contribution in [-0.4, -0.2) is 39.6 Å². The summed E-state index contributed by atoms with van der Waals surface area (Å²) in [6.07, 6.45) is 1.10. The van der Waals surface area contributed by atoms with Gasteiger partial charge in [0.1, 0.15) is 0 Å². The number of hydrogen-bond acceptors (Lipinski definition) is 4. The van der Waals surface area contributed by atoms with E-state index in [0.717, 1.165) is 6.26 Å². The SMILES string of the molecule is CC(=O)Nc1ccc(N(CCNC(=O)c2ccccc2)S(C)(=O)=O)cc1. The van der Waals surface area contributed by atoms with E-state index in [2.05, 4.69) is 10.6 Å². The molecule has 138 valence electrons. The third-order valence-corrected chi connectivity index (χ3v) is 4.71. The molecule has 0 fully saturated rings. The molecule has 2 rings (SSSR count). The predicted molar refractivity (Wildman–Crippen MR) is 102 cm³/mol. The van der Waals surface area contributed by atoms with E-state index in [9.17, 15) is 18.0 Å². The van der Waals surface area contributed by atoms with Crippen molar-refractivity contribution in [1.82, 2.24) is 5.32 Å². The molecule has 7 nitrogen and oxygen atoms in total. The van der Waals surface area contributed by atoms with E-state index in [0.29, 0.717) is 16.9 Å². The van der Waals surface area contributed by atoms with Gasteiger partial charge in [0.05, 0.1) is 18.5 Å². The minimum Gasteiger partial charge on any atom is -0.350 e. The van der Waals surface area contributed by atoms with Gasteiger partial charge >= 0.3 is 0 Å². The van der Waals surface area contributed by atoms with Gasteiger partial charge in [-0.25, -0.2) is 8.42 Å². The lowest BCUT2D eigenvalue weighted by Crippen LogP contribution is -2.38. The normalized spacial score (nSPS) is 10.8. The highest BCUT2D eigenvalue weighted by atomic mass is 32.2. The van der Waals surface area contributed by atoms with E-state index < -0.39 is 10.0 Å². The van der Waals surface area contributed by atoms with E-state index in [1.807, 2.05) is 6.07 Å². The van der Waals surface area contributed by atoms with Gasteiger partial charge in [-0.3, -0.25) is 13.9 Å². The molecule has 0 aromatic heterocycles. The van der Waals surface area contributed by atoms with E-state index in [1.165, 1.54) is 11.2 Å². The van der Waals surface area contributed by atoms with Crippen LogP contribution in [0.3, 0.4) is 0 Å². The zero-order valence-electron chi connectivity index (χ0n) is 14.6. The van der Waals surface area contributed by atoms with Gasteiger partial charge in [0.2, 0.25) is 15.9 Å². The number of amides is 2. The molecule has 0 bridgehead atoms. The Morgan fingerprint density at radius 2 is 1.62 bits per heavy atom.